The maximum atomic E-state index is 11.7. The van der Waals surface area contributed by atoms with Gasteiger partial charge in [-0.25, -0.2) is 0 Å². The highest BCUT2D eigenvalue weighted by atomic mass is 79.9. The van der Waals surface area contributed by atoms with Crippen LogP contribution in [0, 0.1) is 0 Å². The zero-order valence-corrected chi connectivity index (χ0v) is 11.3. The Balaban J connectivity index is 2.48. The van der Waals surface area contributed by atoms with Crippen molar-refractivity contribution in [3.8, 4) is 0 Å². The monoisotopic (exact) mass is 346 g/mol. The Kier molecular flexibility index (Phi) is 3.03. The minimum Gasteiger partial charge on any atom is -0.368 e. The van der Waals surface area contributed by atoms with Crippen LogP contribution in [0.1, 0.15) is 5.56 Å². The maximum Gasteiger partial charge on any atom is 0.237 e. The van der Waals surface area contributed by atoms with Crippen LogP contribution in [-0.2, 0) is 16.0 Å². The first-order valence-corrected chi connectivity index (χ1v) is 6.14. The Labute approximate surface area is 109 Å². The second-order valence-electron chi connectivity index (χ2n) is 3.52. The summed E-state index contributed by atoms with van der Waals surface area (Å²) in [7, 11) is 0. The molecule has 0 saturated carbocycles. The van der Waals surface area contributed by atoms with Crippen LogP contribution in [0.2, 0.25) is 0 Å². The number of halogens is 2. The van der Waals surface area contributed by atoms with Crippen molar-refractivity contribution in [1.29, 1.82) is 0 Å². The summed E-state index contributed by atoms with van der Waals surface area (Å²) in [5.41, 5.74) is 6.75. The van der Waals surface area contributed by atoms with Crippen LogP contribution in [-0.4, -0.2) is 18.4 Å². The van der Waals surface area contributed by atoms with Gasteiger partial charge in [0.2, 0.25) is 11.8 Å². The van der Waals surface area contributed by atoms with E-state index in [9.17, 15) is 9.59 Å². The average molecular weight is 348 g/mol. The zero-order chi connectivity index (χ0) is 11.9. The fourth-order valence-corrected chi connectivity index (χ4v) is 3.29. The van der Waals surface area contributed by atoms with Gasteiger partial charge in [-0.3, -0.25) is 9.59 Å². The summed E-state index contributed by atoms with van der Waals surface area (Å²) >= 11 is 6.73. The molecule has 6 heteroatoms. The van der Waals surface area contributed by atoms with E-state index in [2.05, 4.69) is 31.9 Å². The lowest BCUT2D eigenvalue weighted by Gasteiger charge is -2.16. The first kappa shape index (κ1) is 11.6. The van der Waals surface area contributed by atoms with Crippen LogP contribution < -0.4 is 10.6 Å². The van der Waals surface area contributed by atoms with E-state index < -0.39 is 5.91 Å². The standard InChI is InChI=1S/C10H8Br2N2O2/c11-6-1-5-2-9(16)14(4-8(13)15)10(5)7(12)3-6/h1,3H,2,4H2,(H2,13,15). The number of anilines is 1. The highest BCUT2D eigenvalue weighted by Gasteiger charge is 2.30. The third-order valence-corrected chi connectivity index (χ3v) is 3.40. The van der Waals surface area contributed by atoms with E-state index in [4.69, 9.17) is 5.73 Å². The molecule has 0 spiro atoms. The quantitative estimate of drug-likeness (QED) is 0.882. The summed E-state index contributed by atoms with van der Waals surface area (Å²) in [6.07, 6.45) is 0.306. The average Bonchev–Trinajstić information content (AvgIpc) is 2.41. The highest BCUT2D eigenvalue weighted by Crippen LogP contribution is 2.38. The Morgan fingerprint density at radius 1 is 1.44 bits per heavy atom. The van der Waals surface area contributed by atoms with Crippen LogP contribution in [0.15, 0.2) is 21.1 Å². The number of hydrogen-bond acceptors (Lipinski definition) is 2. The predicted molar refractivity (Wildman–Crippen MR) is 67.1 cm³/mol. The largest absolute Gasteiger partial charge is 0.368 e. The van der Waals surface area contributed by atoms with E-state index in [0.29, 0.717) is 6.42 Å². The van der Waals surface area contributed by atoms with E-state index >= 15 is 0 Å². The van der Waals surface area contributed by atoms with Gasteiger partial charge in [0.15, 0.2) is 0 Å². The molecule has 1 aromatic rings. The Morgan fingerprint density at radius 2 is 2.12 bits per heavy atom. The van der Waals surface area contributed by atoms with Gasteiger partial charge in [-0.15, -0.1) is 0 Å². The number of rotatable bonds is 2. The van der Waals surface area contributed by atoms with Crippen LogP contribution in [0.5, 0.6) is 0 Å². The van der Waals surface area contributed by atoms with Gasteiger partial charge < -0.3 is 10.6 Å². The first-order valence-electron chi connectivity index (χ1n) is 4.55. The normalized spacial score (nSPS) is 14.1. The number of carbonyl (C=O) groups excluding carboxylic acids is 2. The van der Waals surface area contributed by atoms with E-state index in [-0.39, 0.29) is 12.5 Å². The highest BCUT2D eigenvalue weighted by molar-refractivity contribution is 9.11. The fraction of sp³-hybridized carbons (Fsp3) is 0.200. The van der Waals surface area contributed by atoms with Crippen molar-refractivity contribution in [1.82, 2.24) is 0 Å². The summed E-state index contributed by atoms with van der Waals surface area (Å²) in [5.74, 6) is -0.622. The minimum atomic E-state index is -0.518. The molecule has 1 heterocycles. The van der Waals surface area contributed by atoms with Crippen LogP contribution in [0.25, 0.3) is 0 Å². The molecule has 0 saturated heterocycles. The number of nitrogens with zero attached hydrogens (tertiary/aromatic N) is 1. The Hall–Kier alpha value is -0.880. The second-order valence-corrected chi connectivity index (χ2v) is 5.29. The topological polar surface area (TPSA) is 63.4 Å². The smallest absolute Gasteiger partial charge is 0.237 e. The molecule has 1 aliphatic heterocycles. The van der Waals surface area contributed by atoms with Crippen molar-refractivity contribution in [3.63, 3.8) is 0 Å². The van der Waals surface area contributed by atoms with Crippen LogP contribution in [0.3, 0.4) is 0 Å². The van der Waals surface area contributed by atoms with Gasteiger partial charge in [0, 0.05) is 8.95 Å². The predicted octanol–water partition coefficient (Wildman–Crippen LogP) is 1.59. The van der Waals surface area contributed by atoms with E-state index in [0.717, 1.165) is 20.2 Å². The number of benzene rings is 1. The van der Waals surface area contributed by atoms with Crippen molar-refractivity contribution in [2.24, 2.45) is 5.73 Å². The number of carbonyl (C=O) groups is 2. The molecule has 0 atom stereocenters. The van der Waals surface area contributed by atoms with E-state index in [1.807, 2.05) is 12.1 Å². The van der Waals surface area contributed by atoms with Crippen LogP contribution >= 0.6 is 31.9 Å². The fourth-order valence-electron chi connectivity index (χ4n) is 1.76. The SMILES string of the molecule is NC(=O)CN1C(=O)Cc2cc(Br)cc(Br)c21. The van der Waals surface area contributed by atoms with Gasteiger partial charge in [0.25, 0.3) is 0 Å². The lowest BCUT2D eigenvalue weighted by atomic mass is 10.2. The molecule has 0 aliphatic carbocycles. The molecule has 0 radical (unpaired) electrons. The van der Waals surface area contributed by atoms with E-state index in [1.165, 1.54) is 4.90 Å². The minimum absolute atomic E-state index is 0.0773. The molecular formula is C10H8Br2N2O2. The summed E-state index contributed by atoms with van der Waals surface area (Å²) in [6.45, 7) is -0.0773. The molecular weight excluding hydrogens is 340 g/mol. The van der Waals surface area contributed by atoms with Crippen molar-refractivity contribution >= 4 is 49.4 Å². The van der Waals surface area contributed by atoms with Crippen molar-refractivity contribution in [2.75, 3.05) is 11.4 Å². The zero-order valence-electron chi connectivity index (χ0n) is 8.17. The second kappa shape index (κ2) is 4.18. The van der Waals surface area contributed by atoms with Crippen molar-refractivity contribution in [2.45, 2.75) is 6.42 Å². The summed E-state index contributed by atoms with van der Waals surface area (Å²) in [5, 5.41) is 0. The van der Waals surface area contributed by atoms with Gasteiger partial charge in [-0.05, 0) is 33.6 Å². The lowest BCUT2D eigenvalue weighted by molar-refractivity contribution is -0.121. The molecule has 0 fully saturated rings. The molecule has 0 bridgehead atoms. The molecule has 2 N–H and O–H groups in total. The number of nitrogens with two attached hydrogens (primary N) is 1. The Bertz CT molecular complexity index is 488. The first-order chi connectivity index (χ1) is 7.49. The summed E-state index contributed by atoms with van der Waals surface area (Å²) in [4.78, 5) is 24.0. The van der Waals surface area contributed by atoms with Crippen molar-refractivity contribution in [3.05, 3.63) is 26.6 Å². The van der Waals surface area contributed by atoms with E-state index in [1.54, 1.807) is 0 Å². The molecule has 84 valence electrons. The number of hydrogen-bond donors (Lipinski definition) is 1. The third-order valence-electron chi connectivity index (χ3n) is 2.33. The van der Waals surface area contributed by atoms with Gasteiger partial charge in [-0.2, -0.15) is 0 Å². The molecule has 16 heavy (non-hydrogen) atoms. The molecule has 1 aliphatic rings. The molecule has 0 unspecified atom stereocenters. The van der Waals surface area contributed by atoms with Gasteiger partial charge in [0.05, 0.1) is 12.1 Å². The van der Waals surface area contributed by atoms with Gasteiger partial charge in [0.1, 0.15) is 6.54 Å². The molecule has 4 nitrogen and oxygen atoms in total. The summed E-state index contributed by atoms with van der Waals surface area (Å²) in [6, 6.07) is 3.71. The molecule has 2 rings (SSSR count). The summed E-state index contributed by atoms with van der Waals surface area (Å²) < 4.78 is 1.68. The number of primary amides is 1. The maximum absolute atomic E-state index is 11.7. The molecule has 1 aromatic carbocycles. The number of amides is 2. The third kappa shape index (κ3) is 1.99. The van der Waals surface area contributed by atoms with Gasteiger partial charge >= 0.3 is 0 Å². The van der Waals surface area contributed by atoms with Crippen LogP contribution in [0.4, 0.5) is 5.69 Å². The Morgan fingerprint density at radius 3 is 2.75 bits per heavy atom. The molecule has 0 aromatic heterocycles. The molecule has 2 amide bonds. The number of fused-ring (bicyclic) bond motifs is 1. The lowest BCUT2D eigenvalue weighted by Crippen LogP contribution is -2.36. The van der Waals surface area contributed by atoms with Gasteiger partial charge in [-0.1, -0.05) is 15.9 Å². The van der Waals surface area contributed by atoms with Crippen molar-refractivity contribution < 1.29 is 9.59 Å².